The molecule has 1 aliphatic heterocycles. The highest BCUT2D eigenvalue weighted by Crippen LogP contribution is 2.27. The molecule has 2 rings (SSSR count). The molecule has 3 heteroatoms. The summed E-state index contributed by atoms with van der Waals surface area (Å²) in [6, 6.07) is 8.78. The van der Waals surface area contributed by atoms with E-state index in [1.165, 1.54) is 30.5 Å². The van der Waals surface area contributed by atoms with Crippen molar-refractivity contribution in [3.05, 3.63) is 29.8 Å². The second-order valence-corrected chi connectivity index (χ2v) is 6.47. The lowest BCUT2D eigenvalue weighted by molar-refractivity contribution is 0.167. The van der Waals surface area contributed by atoms with Crippen molar-refractivity contribution in [2.45, 2.75) is 51.5 Å². The van der Waals surface area contributed by atoms with Crippen LogP contribution in [0.5, 0.6) is 0 Å². The molecule has 1 aromatic rings. The molecule has 118 valence electrons. The van der Waals surface area contributed by atoms with Gasteiger partial charge in [-0.05, 0) is 57.2 Å². The van der Waals surface area contributed by atoms with Crippen molar-refractivity contribution in [2.24, 2.45) is 0 Å². The zero-order chi connectivity index (χ0) is 15.1. The van der Waals surface area contributed by atoms with Gasteiger partial charge in [-0.15, -0.1) is 0 Å². The lowest BCUT2D eigenvalue weighted by atomic mass is 9.98. The van der Waals surface area contributed by atoms with Crippen molar-refractivity contribution < 1.29 is 5.11 Å². The molecule has 0 radical (unpaired) electrons. The second-order valence-electron chi connectivity index (χ2n) is 6.47. The summed E-state index contributed by atoms with van der Waals surface area (Å²) in [7, 11) is 0. The Morgan fingerprint density at radius 2 is 2.10 bits per heavy atom. The van der Waals surface area contributed by atoms with Crippen molar-refractivity contribution in [3.8, 4) is 0 Å². The van der Waals surface area contributed by atoms with Crippen LogP contribution in [0.15, 0.2) is 24.3 Å². The number of benzene rings is 1. The molecule has 2 N–H and O–H groups in total. The molecule has 1 unspecified atom stereocenters. The van der Waals surface area contributed by atoms with Crippen LogP contribution in [0, 0.1) is 0 Å². The van der Waals surface area contributed by atoms with Gasteiger partial charge < -0.3 is 15.3 Å². The lowest BCUT2D eigenvalue weighted by Crippen LogP contribution is -2.48. The molecule has 0 saturated heterocycles. The molecule has 0 bridgehead atoms. The normalized spacial score (nSPS) is 18.0. The molecule has 0 spiro atoms. The number of aryl methyl sites for hydroxylation is 1. The van der Waals surface area contributed by atoms with Gasteiger partial charge in [0, 0.05) is 24.3 Å². The van der Waals surface area contributed by atoms with Crippen LogP contribution in [-0.4, -0.2) is 36.9 Å². The smallest absolute Gasteiger partial charge is 0.0611 e. The number of fused-ring (bicyclic) bond motifs is 1. The molecular formula is C18H30N2O. The van der Waals surface area contributed by atoms with Gasteiger partial charge in [0.1, 0.15) is 0 Å². The van der Waals surface area contributed by atoms with Crippen LogP contribution < -0.4 is 10.2 Å². The van der Waals surface area contributed by atoms with Crippen molar-refractivity contribution in [2.75, 3.05) is 31.1 Å². The van der Waals surface area contributed by atoms with Gasteiger partial charge in [-0.2, -0.15) is 0 Å². The van der Waals surface area contributed by atoms with E-state index in [2.05, 4.69) is 48.3 Å². The van der Waals surface area contributed by atoms with Gasteiger partial charge in [0.2, 0.25) is 0 Å². The van der Waals surface area contributed by atoms with Gasteiger partial charge in [-0.1, -0.05) is 25.1 Å². The maximum absolute atomic E-state index is 9.71. The topological polar surface area (TPSA) is 35.5 Å². The predicted molar refractivity (Wildman–Crippen MR) is 90.0 cm³/mol. The Balaban J connectivity index is 2.02. The number of hydrogen-bond acceptors (Lipinski definition) is 3. The Morgan fingerprint density at radius 1 is 1.29 bits per heavy atom. The SMILES string of the molecule is CCCNC(C)(CO)CCN1CCCCc2ccccc21. The third kappa shape index (κ3) is 4.45. The van der Waals surface area contributed by atoms with Crippen LogP contribution in [0.3, 0.4) is 0 Å². The Morgan fingerprint density at radius 3 is 2.86 bits per heavy atom. The molecule has 3 nitrogen and oxygen atoms in total. The molecule has 1 aromatic carbocycles. The monoisotopic (exact) mass is 290 g/mol. The molecule has 0 aliphatic carbocycles. The summed E-state index contributed by atoms with van der Waals surface area (Å²) in [6.07, 6.45) is 5.80. The summed E-state index contributed by atoms with van der Waals surface area (Å²) >= 11 is 0. The number of anilines is 1. The number of aliphatic hydroxyl groups excluding tert-OH is 1. The van der Waals surface area contributed by atoms with Crippen LogP contribution >= 0.6 is 0 Å². The highest BCUT2D eigenvalue weighted by molar-refractivity contribution is 5.54. The summed E-state index contributed by atoms with van der Waals surface area (Å²) in [6.45, 7) is 7.59. The minimum absolute atomic E-state index is 0.169. The third-order valence-corrected chi connectivity index (χ3v) is 4.54. The van der Waals surface area contributed by atoms with Crippen molar-refractivity contribution >= 4 is 5.69 Å². The van der Waals surface area contributed by atoms with E-state index in [9.17, 15) is 5.11 Å². The average Bonchev–Trinajstić information content (AvgIpc) is 2.73. The fourth-order valence-electron chi connectivity index (χ4n) is 3.03. The van der Waals surface area contributed by atoms with E-state index in [-0.39, 0.29) is 12.1 Å². The first-order chi connectivity index (χ1) is 10.2. The molecule has 0 amide bonds. The molecule has 1 atom stereocenters. The van der Waals surface area contributed by atoms with Gasteiger partial charge in [0.15, 0.2) is 0 Å². The summed E-state index contributed by atoms with van der Waals surface area (Å²) in [5, 5.41) is 13.2. The molecule has 21 heavy (non-hydrogen) atoms. The van der Waals surface area contributed by atoms with Crippen LogP contribution in [0.2, 0.25) is 0 Å². The molecule has 0 saturated carbocycles. The van der Waals surface area contributed by atoms with Crippen molar-refractivity contribution in [1.29, 1.82) is 0 Å². The summed E-state index contributed by atoms with van der Waals surface area (Å²) < 4.78 is 0. The van der Waals surface area contributed by atoms with Gasteiger partial charge in [0.25, 0.3) is 0 Å². The van der Waals surface area contributed by atoms with E-state index in [0.717, 1.165) is 32.5 Å². The summed E-state index contributed by atoms with van der Waals surface area (Å²) in [4.78, 5) is 2.50. The molecule has 1 aliphatic rings. The van der Waals surface area contributed by atoms with E-state index in [4.69, 9.17) is 0 Å². The second kappa shape index (κ2) is 7.81. The number of aliphatic hydroxyl groups is 1. The molecule has 0 aromatic heterocycles. The van der Waals surface area contributed by atoms with Gasteiger partial charge >= 0.3 is 0 Å². The first-order valence-electron chi connectivity index (χ1n) is 8.37. The maximum Gasteiger partial charge on any atom is 0.0611 e. The van der Waals surface area contributed by atoms with Crippen LogP contribution in [0.1, 0.15) is 45.1 Å². The summed E-state index contributed by atoms with van der Waals surface area (Å²) in [5.41, 5.74) is 2.70. The molecular weight excluding hydrogens is 260 g/mol. The van der Waals surface area contributed by atoms with Crippen LogP contribution in [-0.2, 0) is 6.42 Å². The zero-order valence-electron chi connectivity index (χ0n) is 13.6. The number of nitrogens with one attached hydrogen (secondary N) is 1. The van der Waals surface area contributed by atoms with Gasteiger partial charge in [-0.25, -0.2) is 0 Å². The van der Waals surface area contributed by atoms with E-state index in [0.29, 0.717) is 0 Å². The minimum atomic E-state index is -0.169. The van der Waals surface area contributed by atoms with E-state index < -0.39 is 0 Å². The fourth-order valence-corrected chi connectivity index (χ4v) is 3.03. The number of nitrogens with zero attached hydrogens (tertiary/aromatic N) is 1. The van der Waals surface area contributed by atoms with Crippen molar-refractivity contribution in [1.82, 2.24) is 5.32 Å². The maximum atomic E-state index is 9.71. The first kappa shape index (κ1) is 16.3. The molecule has 0 fully saturated rings. The largest absolute Gasteiger partial charge is 0.394 e. The third-order valence-electron chi connectivity index (χ3n) is 4.54. The Kier molecular flexibility index (Phi) is 6.07. The predicted octanol–water partition coefficient (Wildman–Crippen LogP) is 2.97. The Hall–Kier alpha value is -1.06. The lowest BCUT2D eigenvalue weighted by Gasteiger charge is -2.33. The quantitative estimate of drug-likeness (QED) is 0.810. The van der Waals surface area contributed by atoms with Gasteiger partial charge in [0.05, 0.1) is 6.61 Å². The van der Waals surface area contributed by atoms with E-state index in [1.807, 2.05) is 0 Å². The molecule has 1 heterocycles. The highest BCUT2D eigenvalue weighted by atomic mass is 16.3. The Bertz CT molecular complexity index is 435. The van der Waals surface area contributed by atoms with Crippen LogP contribution in [0.25, 0.3) is 0 Å². The average molecular weight is 290 g/mol. The van der Waals surface area contributed by atoms with E-state index in [1.54, 1.807) is 0 Å². The standard InChI is InChI=1S/C18H30N2O/c1-3-12-19-18(2,15-21)11-14-20-13-7-6-9-16-8-4-5-10-17(16)20/h4-5,8,10,19,21H,3,6-7,9,11-15H2,1-2H3. The number of rotatable bonds is 7. The number of para-hydroxylation sites is 1. The van der Waals surface area contributed by atoms with Gasteiger partial charge in [-0.3, -0.25) is 0 Å². The Labute approximate surface area is 129 Å². The van der Waals surface area contributed by atoms with Crippen molar-refractivity contribution in [3.63, 3.8) is 0 Å². The summed E-state index contributed by atoms with van der Waals surface area (Å²) in [5.74, 6) is 0. The number of hydrogen-bond donors (Lipinski definition) is 2. The minimum Gasteiger partial charge on any atom is -0.394 e. The fraction of sp³-hybridized carbons (Fsp3) is 0.667. The highest BCUT2D eigenvalue weighted by Gasteiger charge is 2.24. The van der Waals surface area contributed by atoms with E-state index >= 15 is 0 Å². The first-order valence-corrected chi connectivity index (χ1v) is 8.37. The zero-order valence-corrected chi connectivity index (χ0v) is 13.6. The van der Waals surface area contributed by atoms with Crippen LogP contribution in [0.4, 0.5) is 5.69 Å².